The Hall–Kier alpha value is -1.26. The van der Waals surface area contributed by atoms with Gasteiger partial charge in [0.05, 0.1) is 11.7 Å². The summed E-state index contributed by atoms with van der Waals surface area (Å²) in [6, 6.07) is 4.51. The van der Waals surface area contributed by atoms with Crippen LogP contribution in [0.3, 0.4) is 0 Å². The maximum atomic E-state index is 12.1. The molecule has 1 aliphatic heterocycles. The average Bonchev–Trinajstić information content (AvgIpc) is 2.76. The average molecular weight is 256 g/mol. The number of carbonyl (C=O) groups excluding carboxylic acids is 1. The molecule has 1 amide bonds. The lowest BCUT2D eigenvalue weighted by molar-refractivity contribution is 0.0721. The number of hydrogen-bond acceptors (Lipinski definition) is 3. The third-order valence-electron chi connectivity index (χ3n) is 2.96. The smallest absolute Gasteiger partial charge is 0.257 e. The predicted molar refractivity (Wildman–Crippen MR) is 64.4 cm³/mol. The molecular weight excluding hydrogens is 242 g/mol. The fourth-order valence-corrected chi connectivity index (χ4v) is 2.13. The summed E-state index contributed by atoms with van der Waals surface area (Å²) >= 11 is 5.72. The van der Waals surface area contributed by atoms with Gasteiger partial charge in [-0.1, -0.05) is 11.6 Å². The van der Waals surface area contributed by atoms with Gasteiger partial charge >= 0.3 is 0 Å². The summed E-state index contributed by atoms with van der Waals surface area (Å²) in [4.78, 5) is 13.8. The van der Waals surface area contributed by atoms with Crippen LogP contribution in [-0.4, -0.2) is 42.2 Å². The van der Waals surface area contributed by atoms with Gasteiger partial charge in [0.25, 0.3) is 5.91 Å². The summed E-state index contributed by atoms with van der Waals surface area (Å²) in [5.41, 5.74) is 0.283. The molecule has 17 heavy (non-hydrogen) atoms. The summed E-state index contributed by atoms with van der Waals surface area (Å²) in [6.07, 6.45) is 0.921. The Kier molecular flexibility index (Phi) is 3.54. The number of benzene rings is 1. The predicted octanol–water partition coefficient (Wildman–Crippen LogP) is 1.91. The lowest BCUT2D eigenvalue weighted by atomic mass is 10.2. The summed E-state index contributed by atoms with van der Waals surface area (Å²) in [6.45, 7) is 1.22. The molecule has 1 heterocycles. The van der Waals surface area contributed by atoms with Crippen molar-refractivity contribution in [1.29, 1.82) is 0 Å². The van der Waals surface area contributed by atoms with E-state index in [9.17, 15) is 9.90 Å². The number of nitrogens with zero attached hydrogens (tertiary/aromatic N) is 1. The van der Waals surface area contributed by atoms with Crippen LogP contribution < -0.4 is 0 Å². The minimum absolute atomic E-state index is 0.0802. The van der Waals surface area contributed by atoms with E-state index in [0.29, 0.717) is 18.1 Å². The highest BCUT2D eigenvalue weighted by Gasteiger charge is 2.27. The van der Waals surface area contributed by atoms with Gasteiger partial charge in [0.2, 0.25) is 0 Å². The van der Waals surface area contributed by atoms with Gasteiger partial charge < -0.3 is 14.7 Å². The molecule has 0 radical (unpaired) electrons. The molecule has 0 bridgehead atoms. The summed E-state index contributed by atoms with van der Waals surface area (Å²) in [7, 11) is 1.64. The molecule has 0 aliphatic carbocycles. The number of methoxy groups -OCH3 is 1. The second-order valence-corrected chi connectivity index (χ2v) is 4.50. The molecule has 1 saturated heterocycles. The summed E-state index contributed by atoms with van der Waals surface area (Å²) in [5, 5.41) is 10.1. The van der Waals surface area contributed by atoms with Gasteiger partial charge in [-0.25, -0.2) is 0 Å². The number of phenolic OH excluding ortho intramolecular Hbond substituents is 1. The van der Waals surface area contributed by atoms with E-state index >= 15 is 0 Å². The van der Waals surface area contributed by atoms with Crippen molar-refractivity contribution in [3.8, 4) is 5.75 Å². The van der Waals surface area contributed by atoms with Gasteiger partial charge in [0.1, 0.15) is 5.75 Å². The van der Waals surface area contributed by atoms with Crippen LogP contribution in [0, 0.1) is 0 Å². The first-order valence-electron chi connectivity index (χ1n) is 5.42. The van der Waals surface area contributed by atoms with Gasteiger partial charge in [-0.2, -0.15) is 0 Å². The van der Waals surface area contributed by atoms with Crippen molar-refractivity contribution in [2.75, 3.05) is 20.2 Å². The summed E-state index contributed by atoms with van der Waals surface area (Å²) < 4.78 is 5.20. The number of rotatable bonds is 2. The third kappa shape index (κ3) is 2.53. The van der Waals surface area contributed by atoms with Crippen molar-refractivity contribution < 1.29 is 14.6 Å². The first kappa shape index (κ1) is 12.2. The monoisotopic (exact) mass is 255 g/mol. The Morgan fingerprint density at radius 2 is 2.35 bits per heavy atom. The topological polar surface area (TPSA) is 49.8 Å². The van der Waals surface area contributed by atoms with Gasteiger partial charge in [0.15, 0.2) is 0 Å². The molecule has 2 rings (SSSR count). The number of aromatic hydroxyl groups is 1. The van der Waals surface area contributed by atoms with Crippen LogP contribution in [0.4, 0.5) is 0 Å². The molecule has 92 valence electrons. The van der Waals surface area contributed by atoms with E-state index in [4.69, 9.17) is 16.3 Å². The molecule has 1 fully saturated rings. The molecule has 1 aromatic rings. The minimum atomic E-state index is -0.182. The second-order valence-electron chi connectivity index (χ2n) is 4.06. The molecule has 1 N–H and O–H groups in total. The number of halogens is 1. The van der Waals surface area contributed by atoms with Crippen LogP contribution in [0.5, 0.6) is 5.75 Å². The normalized spacial score (nSPS) is 19.6. The molecular formula is C12H14ClNO3. The Balaban J connectivity index is 2.15. The number of phenols is 1. The molecule has 0 spiro atoms. The minimum Gasteiger partial charge on any atom is -0.507 e. The highest BCUT2D eigenvalue weighted by Crippen LogP contribution is 2.25. The Morgan fingerprint density at radius 1 is 1.59 bits per heavy atom. The van der Waals surface area contributed by atoms with Crippen LogP contribution >= 0.6 is 11.6 Å². The highest BCUT2D eigenvalue weighted by atomic mass is 35.5. The number of ether oxygens (including phenoxy) is 1. The van der Waals surface area contributed by atoms with E-state index in [-0.39, 0.29) is 23.3 Å². The number of amides is 1. The lowest BCUT2D eigenvalue weighted by Crippen LogP contribution is -2.29. The zero-order chi connectivity index (χ0) is 12.4. The molecule has 0 saturated carbocycles. The van der Waals surface area contributed by atoms with Crippen molar-refractivity contribution in [1.82, 2.24) is 4.90 Å². The van der Waals surface area contributed by atoms with E-state index in [1.807, 2.05) is 0 Å². The molecule has 5 heteroatoms. The number of carbonyl (C=O) groups is 1. The van der Waals surface area contributed by atoms with Gasteiger partial charge in [-0.15, -0.1) is 0 Å². The largest absolute Gasteiger partial charge is 0.507 e. The zero-order valence-electron chi connectivity index (χ0n) is 9.52. The van der Waals surface area contributed by atoms with Gasteiger partial charge in [-0.05, 0) is 24.6 Å². The molecule has 4 nitrogen and oxygen atoms in total. The fourth-order valence-electron chi connectivity index (χ4n) is 1.96. The van der Waals surface area contributed by atoms with Gasteiger partial charge in [0, 0.05) is 25.2 Å². The quantitative estimate of drug-likeness (QED) is 0.878. The Labute approximate surface area is 105 Å². The van der Waals surface area contributed by atoms with Crippen LogP contribution in [0.25, 0.3) is 0 Å². The van der Waals surface area contributed by atoms with E-state index in [0.717, 1.165) is 6.42 Å². The molecule has 1 aromatic carbocycles. The molecule has 1 atom stereocenters. The number of likely N-dealkylation sites (tertiary alicyclic amines) is 1. The van der Waals surface area contributed by atoms with Gasteiger partial charge in [-0.3, -0.25) is 4.79 Å². The highest BCUT2D eigenvalue weighted by molar-refractivity contribution is 6.30. The molecule has 1 unspecified atom stereocenters. The standard InChI is InChI=1S/C12H14ClNO3/c1-17-9-4-5-14(7-9)12(16)10-3-2-8(13)6-11(10)15/h2-3,6,9,15H,4-5,7H2,1H3. The van der Waals surface area contributed by atoms with Crippen LogP contribution in [0.2, 0.25) is 5.02 Å². The van der Waals surface area contributed by atoms with Crippen molar-refractivity contribution >= 4 is 17.5 Å². The zero-order valence-corrected chi connectivity index (χ0v) is 10.3. The summed E-state index contributed by atoms with van der Waals surface area (Å²) in [5.74, 6) is -0.262. The fraction of sp³-hybridized carbons (Fsp3) is 0.417. The van der Waals surface area contributed by atoms with E-state index < -0.39 is 0 Å². The second kappa shape index (κ2) is 4.94. The third-order valence-corrected chi connectivity index (χ3v) is 3.19. The molecule has 1 aliphatic rings. The van der Waals surface area contributed by atoms with Crippen molar-refractivity contribution in [2.45, 2.75) is 12.5 Å². The maximum absolute atomic E-state index is 12.1. The number of hydrogen-bond donors (Lipinski definition) is 1. The molecule has 0 aromatic heterocycles. The first-order valence-corrected chi connectivity index (χ1v) is 5.80. The van der Waals surface area contributed by atoms with Crippen LogP contribution in [0.15, 0.2) is 18.2 Å². The lowest BCUT2D eigenvalue weighted by Gasteiger charge is -2.16. The van der Waals surface area contributed by atoms with Crippen LogP contribution in [0.1, 0.15) is 16.8 Å². The maximum Gasteiger partial charge on any atom is 0.257 e. The van der Waals surface area contributed by atoms with Crippen molar-refractivity contribution in [3.63, 3.8) is 0 Å². The SMILES string of the molecule is COC1CCN(C(=O)c2ccc(Cl)cc2O)C1. The van der Waals surface area contributed by atoms with Crippen LogP contribution in [-0.2, 0) is 4.74 Å². The van der Waals surface area contributed by atoms with Crippen molar-refractivity contribution in [2.24, 2.45) is 0 Å². The Morgan fingerprint density at radius 3 is 2.94 bits per heavy atom. The van der Waals surface area contributed by atoms with Crippen molar-refractivity contribution in [3.05, 3.63) is 28.8 Å². The first-order chi connectivity index (χ1) is 8.11. The van der Waals surface area contributed by atoms with E-state index in [2.05, 4.69) is 0 Å². The Bertz CT molecular complexity index is 436. The van der Waals surface area contributed by atoms with E-state index in [1.54, 1.807) is 24.1 Å². The van der Waals surface area contributed by atoms with E-state index in [1.165, 1.54) is 6.07 Å².